The van der Waals surface area contributed by atoms with Crippen molar-refractivity contribution in [2.24, 2.45) is 13.0 Å². The maximum Gasteiger partial charge on any atom is 0.226 e. The molecule has 3 rings (SSSR count). The van der Waals surface area contributed by atoms with E-state index in [0.29, 0.717) is 18.9 Å². The Kier molecular flexibility index (Phi) is 3.88. The van der Waals surface area contributed by atoms with E-state index in [9.17, 15) is 4.79 Å². The highest BCUT2D eigenvalue weighted by atomic mass is 16.5. The van der Waals surface area contributed by atoms with Gasteiger partial charge in [-0.05, 0) is 23.6 Å². The Morgan fingerprint density at radius 1 is 1.36 bits per heavy atom. The number of rotatable bonds is 4. The van der Waals surface area contributed by atoms with Crippen molar-refractivity contribution >= 4 is 11.7 Å². The summed E-state index contributed by atoms with van der Waals surface area (Å²) in [6.07, 6.45) is 2.29. The zero-order valence-electron chi connectivity index (χ0n) is 13.2. The SMILES string of the molecule is CC(C)COc1ccc([C@H]2CC(=O)Nc3c2cnn3C)cc1. The summed E-state index contributed by atoms with van der Waals surface area (Å²) in [4.78, 5) is 11.9. The second-order valence-electron chi connectivity index (χ2n) is 6.15. The molecule has 116 valence electrons. The Morgan fingerprint density at radius 2 is 2.09 bits per heavy atom. The van der Waals surface area contributed by atoms with E-state index in [1.807, 2.05) is 37.5 Å². The minimum absolute atomic E-state index is 0.0289. The summed E-state index contributed by atoms with van der Waals surface area (Å²) in [7, 11) is 1.84. The molecule has 1 atom stereocenters. The second-order valence-corrected chi connectivity index (χ2v) is 6.15. The van der Waals surface area contributed by atoms with Gasteiger partial charge < -0.3 is 10.1 Å². The molecule has 0 fully saturated rings. The van der Waals surface area contributed by atoms with E-state index in [-0.39, 0.29) is 11.8 Å². The fourth-order valence-electron chi connectivity index (χ4n) is 2.70. The molecule has 1 aliphatic rings. The minimum atomic E-state index is 0.0289. The summed E-state index contributed by atoms with van der Waals surface area (Å²) in [5.41, 5.74) is 2.18. The number of aromatic nitrogens is 2. The summed E-state index contributed by atoms with van der Waals surface area (Å²) >= 11 is 0. The number of hydrogen-bond donors (Lipinski definition) is 1. The van der Waals surface area contributed by atoms with Gasteiger partial charge in [0.1, 0.15) is 11.6 Å². The molecule has 1 aromatic carbocycles. The van der Waals surface area contributed by atoms with Gasteiger partial charge in [-0.25, -0.2) is 0 Å². The minimum Gasteiger partial charge on any atom is -0.493 e. The number of ether oxygens (including phenoxy) is 1. The van der Waals surface area contributed by atoms with Crippen LogP contribution in [0.25, 0.3) is 0 Å². The van der Waals surface area contributed by atoms with Crippen LogP contribution in [0.2, 0.25) is 0 Å². The molecule has 5 nitrogen and oxygen atoms in total. The Hall–Kier alpha value is -2.30. The van der Waals surface area contributed by atoms with Gasteiger partial charge in [0.05, 0.1) is 12.8 Å². The first kappa shape index (κ1) is 14.6. The van der Waals surface area contributed by atoms with Crippen LogP contribution in [0.1, 0.15) is 37.3 Å². The van der Waals surface area contributed by atoms with E-state index in [0.717, 1.165) is 22.7 Å². The van der Waals surface area contributed by atoms with Gasteiger partial charge in [-0.2, -0.15) is 5.10 Å². The van der Waals surface area contributed by atoms with Gasteiger partial charge in [-0.1, -0.05) is 26.0 Å². The first-order valence-electron chi connectivity index (χ1n) is 7.59. The van der Waals surface area contributed by atoms with Crippen molar-refractivity contribution < 1.29 is 9.53 Å². The smallest absolute Gasteiger partial charge is 0.226 e. The molecule has 0 saturated heterocycles. The van der Waals surface area contributed by atoms with Gasteiger partial charge in [-0.15, -0.1) is 0 Å². The van der Waals surface area contributed by atoms with E-state index < -0.39 is 0 Å². The monoisotopic (exact) mass is 299 g/mol. The number of nitrogens with zero attached hydrogens (tertiary/aromatic N) is 2. The van der Waals surface area contributed by atoms with Crippen LogP contribution >= 0.6 is 0 Å². The molecule has 5 heteroatoms. The Bertz CT molecular complexity index is 674. The standard InChI is InChI=1S/C17H21N3O2/c1-11(2)10-22-13-6-4-12(5-7-13)14-8-16(21)19-17-15(14)9-18-20(17)3/h4-7,9,11,14H,8,10H2,1-3H3,(H,19,21)/t14-/m1/s1. The molecule has 22 heavy (non-hydrogen) atoms. The zero-order chi connectivity index (χ0) is 15.7. The van der Waals surface area contributed by atoms with Crippen molar-refractivity contribution in [3.8, 4) is 5.75 Å². The van der Waals surface area contributed by atoms with Crippen molar-refractivity contribution in [1.82, 2.24) is 9.78 Å². The van der Waals surface area contributed by atoms with E-state index in [1.54, 1.807) is 4.68 Å². The van der Waals surface area contributed by atoms with Crippen LogP contribution in [0.15, 0.2) is 30.5 Å². The fraction of sp³-hybridized carbons (Fsp3) is 0.412. The molecule has 1 amide bonds. The summed E-state index contributed by atoms with van der Waals surface area (Å²) in [5.74, 6) is 2.24. The lowest BCUT2D eigenvalue weighted by molar-refractivity contribution is -0.116. The van der Waals surface area contributed by atoms with E-state index in [1.165, 1.54) is 0 Å². The van der Waals surface area contributed by atoms with Crippen LogP contribution in [0.3, 0.4) is 0 Å². The van der Waals surface area contributed by atoms with Crippen LogP contribution in [0, 0.1) is 5.92 Å². The van der Waals surface area contributed by atoms with Crippen LogP contribution in [0.5, 0.6) is 5.75 Å². The first-order valence-corrected chi connectivity index (χ1v) is 7.59. The number of nitrogens with one attached hydrogen (secondary N) is 1. The van der Waals surface area contributed by atoms with E-state index in [2.05, 4.69) is 24.3 Å². The highest BCUT2D eigenvalue weighted by Gasteiger charge is 2.29. The molecule has 2 aromatic rings. The van der Waals surface area contributed by atoms with Crippen LogP contribution in [0.4, 0.5) is 5.82 Å². The molecule has 0 spiro atoms. The summed E-state index contributed by atoms with van der Waals surface area (Å²) < 4.78 is 7.42. The highest BCUT2D eigenvalue weighted by molar-refractivity contribution is 5.94. The zero-order valence-corrected chi connectivity index (χ0v) is 13.2. The van der Waals surface area contributed by atoms with Crippen LogP contribution < -0.4 is 10.1 Å². The van der Waals surface area contributed by atoms with Crippen molar-refractivity contribution in [1.29, 1.82) is 0 Å². The topological polar surface area (TPSA) is 56.1 Å². The van der Waals surface area contributed by atoms with Gasteiger partial charge in [-0.3, -0.25) is 9.48 Å². The molecule has 1 N–H and O–H groups in total. The second kappa shape index (κ2) is 5.83. The number of carbonyl (C=O) groups is 1. The third-order valence-corrected chi connectivity index (χ3v) is 3.86. The van der Waals surface area contributed by atoms with Gasteiger partial charge in [0.2, 0.25) is 5.91 Å². The van der Waals surface area contributed by atoms with Gasteiger partial charge in [0, 0.05) is 24.9 Å². The molecule has 1 aromatic heterocycles. The third kappa shape index (κ3) is 2.84. The predicted octanol–water partition coefficient (Wildman–Crippen LogP) is 2.93. The number of benzene rings is 1. The van der Waals surface area contributed by atoms with Crippen LogP contribution in [-0.4, -0.2) is 22.3 Å². The maximum atomic E-state index is 11.9. The van der Waals surface area contributed by atoms with Crippen molar-refractivity contribution in [2.45, 2.75) is 26.2 Å². The van der Waals surface area contributed by atoms with Gasteiger partial charge >= 0.3 is 0 Å². The number of amides is 1. The molecule has 0 bridgehead atoms. The van der Waals surface area contributed by atoms with Gasteiger partial charge in [0.15, 0.2) is 0 Å². The lowest BCUT2D eigenvalue weighted by Gasteiger charge is -2.23. The van der Waals surface area contributed by atoms with Gasteiger partial charge in [0.25, 0.3) is 0 Å². The van der Waals surface area contributed by atoms with Crippen molar-refractivity contribution in [3.05, 3.63) is 41.6 Å². The lowest BCUT2D eigenvalue weighted by atomic mass is 9.87. The Morgan fingerprint density at radius 3 is 2.77 bits per heavy atom. The first-order chi connectivity index (χ1) is 10.5. The normalized spacial score (nSPS) is 17.3. The summed E-state index contributed by atoms with van der Waals surface area (Å²) in [6.45, 7) is 4.95. The average molecular weight is 299 g/mol. The molecule has 1 aliphatic heterocycles. The fourth-order valence-corrected chi connectivity index (χ4v) is 2.70. The van der Waals surface area contributed by atoms with Crippen molar-refractivity contribution in [3.63, 3.8) is 0 Å². The number of aryl methyl sites for hydroxylation is 1. The largest absolute Gasteiger partial charge is 0.493 e. The quantitative estimate of drug-likeness (QED) is 0.944. The van der Waals surface area contributed by atoms with Crippen molar-refractivity contribution in [2.75, 3.05) is 11.9 Å². The molecule has 0 saturated carbocycles. The predicted molar refractivity (Wildman–Crippen MR) is 85.1 cm³/mol. The molecule has 0 radical (unpaired) electrons. The Labute approximate surface area is 130 Å². The number of carbonyl (C=O) groups excluding carboxylic acids is 1. The Balaban J connectivity index is 1.83. The number of fused-ring (bicyclic) bond motifs is 1. The third-order valence-electron chi connectivity index (χ3n) is 3.86. The van der Waals surface area contributed by atoms with Crippen LogP contribution in [-0.2, 0) is 11.8 Å². The maximum absolute atomic E-state index is 11.9. The number of hydrogen-bond acceptors (Lipinski definition) is 3. The molecular formula is C17H21N3O2. The van der Waals surface area contributed by atoms with E-state index in [4.69, 9.17) is 4.74 Å². The molecular weight excluding hydrogens is 278 g/mol. The molecule has 0 unspecified atom stereocenters. The summed E-state index contributed by atoms with van der Waals surface area (Å²) in [5, 5.41) is 7.14. The lowest BCUT2D eigenvalue weighted by Crippen LogP contribution is -2.24. The summed E-state index contributed by atoms with van der Waals surface area (Å²) in [6, 6.07) is 8.02. The molecule has 2 heterocycles. The van der Waals surface area contributed by atoms with E-state index >= 15 is 0 Å². The average Bonchev–Trinajstić information content (AvgIpc) is 2.86. The molecule has 0 aliphatic carbocycles. The highest BCUT2D eigenvalue weighted by Crippen LogP contribution is 2.37. The number of anilines is 1.